The summed E-state index contributed by atoms with van der Waals surface area (Å²) >= 11 is 0. The van der Waals surface area contributed by atoms with Gasteiger partial charge in [-0.2, -0.15) is 0 Å². The molecule has 1 aliphatic carbocycles. The maximum Gasteiger partial charge on any atom is 0.215 e. The lowest BCUT2D eigenvalue weighted by molar-refractivity contribution is 0.589. The van der Waals surface area contributed by atoms with E-state index in [1.165, 1.54) is 6.08 Å². The molecule has 0 aliphatic heterocycles. The molecule has 68 valence electrons. The van der Waals surface area contributed by atoms with Crippen LogP contribution >= 0.6 is 0 Å². The SMILES string of the molecule is NNC1=CC[C@@H](S(N)(=O)=O)C=C1. The van der Waals surface area contributed by atoms with Crippen molar-refractivity contribution in [1.29, 1.82) is 0 Å². The third-order valence-electron chi connectivity index (χ3n) is 1.65. The van der Waals surface area contributed by atoms with Crippen molar-refractivity contribution in [2.45, 2.75) is 11.7 Å². The minimum Gasteiger partial charge on any atom is -0.324 e. The molecule has 5 nitrogen and oxygen atoms in total. The molecule has 0 heterocycles. The molecule has 0 radical (unpaired) electrons. The number of nitrogens with one attached hydrogen (secondary N) is 1. The number of hydrazine groups is 1. The molecule has 0 saturated heterocycles. The van der Waals surface area contributed by atoms with Gasteiger partial charge in [-0.1, -0.05) is 12.2 Å². The van der Waals surface area contributed by atoms with E-state index in [0.29, 0.717) is 12.1 Å². The van der Waals surface area contributed by atoms with Gasteiger partial charge in [0.1, 0.15) is 0 Å². The number of allylic oxidation sites excluding steroid dienone is 2. The smallest absolute Gasteiger partial charge is 0.215 e. The molecular weight excluding hydrogens is 178 g/mol. The van der Waals surface area contributed by atoms with E-state index in [0.717, 1.165) is 0 Å². The average Bonchev–Trinajstić information content (AvgIpc) is 2.03. The normalized spacial score (nSPS) is 23.5. The zero-order chi connectivity index (χ0) is 9.19. The Morgan fingerprint density at radius 1 is 1.58 bits per heavy atom. The van der Waals surface area contributed by atoms with Crippen LogP contribution in [0.3, 0.4) is 0 Å². The third kappa shape index (κ3) is 2.07. The van der Waals surface area contributed by atoms with Gasteiger partial charge in [-0.15, -0.1) is 0 Å². The number of rotatable bonds is 2. The van der Waals surface area contributed by atoms with E-state index >= 15 is 0 Å². The highest BCUT2D eigenvalue weighted by molar-refractivity contribution is 7.89. The maximum absolute atomic E-state index is 10.8. The molecule has 0 fully saturated rings. The van der Waals surface area contributed by atoms with Crippen molar-refractivity contribution in [1.82, 2.24) is 5.43 Å². The van der Waals surface area contributed by atoms with Crippen molar-refractivity contribution in [3.63, 3.8) is 0 Å². The lowest BCUT2D eigenvalue weighted by Crippen LogP contribution is -2.29. The molecule has 0 saturated carbocycles. The zero-order valence-corrected chi connectivity index (χ0v) is 7.21. The van der Waals surface area contributed by atoms with Gasteiger partial charge in [0.05, 0.1) is 5.25 Å². The summed E-state index contributed by atoms with van der Waals surface area (Å²) in [6.45, 7) is 0. The molecule has 0 bridgehead atoms. The maximum atomic E-state index is 10.8. The molecule has 5 N–H and O–H groups in total. The van der Waals surface area contributed by atoms with Crippen LogP contribution in [0.15, 0.2) is 23.9 Å². The van der Waals surface area contributed by atoms with Crippen molar-refractivity contribution in [3.05, 3.63) is 23.9 Å². The van der Waals surface area contributed by atoms with Gasteiger partial charge in [0.2, 0.25) is 10.0 Å². The Balaban J connectivity index is 2.73. The first kappa shape index (κ1) is 9.24. The average molecular weight is 189 g/mol. The Labute approximate surface area is 71.1 Å². The van der Waals surface area contributed by atoms with Crippen molar-refractivity contribution < 1.29 is 8.42 Å². The molecule has 0 aromatic carbocycles. The number of hydrogen-bond acceptors (Lipinski definition) is 4. The molecule has 1 atom stereocenters. The minimum absolute atomic E-state index is 0.370. The highest BCUT2D eigenvalue weighted by Gasteiger charge is 2.19. The molecular formula is C6H11N3O2S. The number of primary sulfonamides is 1. The number of hydrogen-bond donors (Lipinski definition) is 3. The lowest BCUT2D eigenvalue weighted by atomic mass is 10.1. The van der Waals surface area contributed by atoms with E-state index in [1.807, 2.05) is 0 Å². The molecule has 0 unspecified atom stereocenters. The van der Waals surface area contributed by atoms with Gasteiger partial charge in [-0.3, -0.25) is 5.84 Å². The second kappa shape index (κ2) is 3.26. The van der Waals surface area contributed by atoms with Crippen molar-refractivity contribution in [2.75, 3.05) is 0 Å². The van der Waals surface area contributed by atoms with Crippen molar-refractivity contribution in [2.24, 2.45) is 11.0 Å². The van der Waals surface area contributed by atoms with Crippen LogP contribution < -0.4 is 16.4 Å². The van der Waals surface area contributed by atoms with Gasteiger partial charge < -0.3 is 5.43 Å². The topological polar surface area (TPSA) is 98.2 Å². The Kier molecular flexibility index (Phi) is 2.51. The van der Waals surface area contributed by atoms with Crippen LogP contribution in [-0.4, -0.2) is 13.7 Å². The number of sulfonamides is 1. The summed E-state index contributed by atoms with van der Waals surface area (Å²) in [5.41, 5.74) is 3.12. The largest absolute Gasteiger partial charge is 0.324 e. The highest BCUT2D eigenvalue weighted by atomic mass is 32.2. The predicted octanol–water partition coefficient (Wildman–Crippen LogP) is -1.05. The Hall–Kier alpha value is -0.850. The molecule has 1 aliphatic rings. The van der Waals surface area contributed by atoms with Gasteiger partial charge in [-0.05, 0) is 12.5 Å². The molecule has 12 heavy (non-hydrogen) atoms. The van der Waals surface area contributed by atoms with Gasteiger partial charge in [0.25, 0.3) is 0 Å². The van der Waals surface area contributed by atoms with Crippen LogP contribution in [0.25, 0.3) is 0 Å². The number of nitrogens with two attached hydrogens (primary N) is 2. The van der Waals surface area contributed by atoms with Gasteiger partial charge in [0, 0.05) is 5.70 Å². The van der Waals surface area contributed by atoms with Crippen LogP contribution in [0, 0.1) is 0 Å². The molecule has 0 aromatic heterocycles. The summed E-state index contributed by atoms with van der Waals surface area (Å²) in [6.07, 6.45) is 5.17. The van der Waals surface area contributed by atoms with Crippen LogP contribution in [0.4, 0.5) is 0 Å². The summed E-state index contributed by atoms with van der Waals surface area (Å²) in [6, 6.07) is 0. The van der Waals surface area contributed by atoms with E-state index in [4.69, 9.17) is 11.0 Å². The zero-order valence-electron chi connectivity index (χ0n) is 6.40. The molecule has 6 heteroatoms. The van der Waals surface area contributed by atoms with E-state index in [-0.39, 0.29) is 0 Å². The monoisotopic (exact) mass is 189 g/mol. The van der Waals surface area contributed by atoms with Crippen molar-refractivity contribution >= 4 is 10.0 Å². The van der Waals surface area contributed by atoms with E-state index < -0.39 is 15.3 Å². The van der Waals surface area contributed by atoms with E-state index in [1.54, 1.807) is 12.2 Å². The Morgan fingerprint density at radius 3 is 2.58 bits per heavy atom. The Morgan fingerprint density at radius 2 is 2.25 bits per heavy atom. The fraction of sp³-hybridized carbons (Fsp3) is 0.333. The summed E-state index contributed by atoms with van der Waals surface area (Å²) < 4.78 is 21.7. The quantitative estimate of drug-likeness (QED) is 0.381. The fourth-order valence-electron chi connectivity index (χ4n) is 0.951. The standard InChI is InChI=1S/C6H11N3O2S/c7-9-5-1-3-6(4-2-5)12(8,10)11/h1-3,6,9H,4,7H2,(H2,8,10,11)/t6-/m0/s1. The van der Waals surface area contributed by atoms with Crippen LogP contribution in [-0.2, 0) is 10.0 Å². The second-order valence-corrected chi connectivity index (χ2v) is 4.31. The molecule has 0 aromatic rings. The predicted molar refractivity (Wildman–Crippen MR) is 46.1 cm³/mol. The summed E-state index contributed by atoms with van der Waals surface area (Å²) in [5, 5.41) is 4.32. The first-order valence-corrected chi connectivity index (χ1v) is 5.01. The van der Waals surface area contributed by atoms with Crippen LogP contribution in [0.5, 0.6) is 0 Å². The minimum atomic E-state index is -3.46. The van der Waals surface area contributed by atoms with Crippen LogP contribution in [0.1, 0.15) is 6.42 Å². The fourth-order valence-corrected chi connectivity index (χ4v) is 1.61. The van der Waals surface area contributed by atoms with Crippen LogP contribution in [0.2, 0.25) is 0 Å². The van der Waals surface area contributed by atoms with Gasteiger partial charge in [-0.25, -0.2) is 13.6 Å². The van der Waals surface area contributed by atoms with Gasteiger partial charge >= 0.3 is 0 Å². The summed E-state index contributed by atoms with van der Waals surface area (Å²) in [4.78, 5) is 0. The van der Waals surface area contributed by atoms with E-state index in [2.05, 4.69) is 5.43 Å². The lowest BCUT2D eigenvalue weighted by Gasteiger charge is -2.13. The highest BCUT2D eigenvalue weighted by Crippen LogP contribution is 2.12. The first-order valence-electron chi connectivity index (χ1n) is 3.40. The Bertz CT molecular complexity index is 318. The van der Waals surface area contributed by atoms with E-state index in [9.17, 15) is 8.42 Å². The summed E-state index contributed by atoms with van der Waals surface area (Å²) in [7, 11) is -3.46. The van der Waals surface area contributed by atoms with Crippen molar-refractivity contribution in [3.8, 4) is 0 Å². The third-order valence-corrected chi connectivity index (χ3v) is 2.84. The second-order valence-electron chi connectivity index (χ2n) is 2.53. The molecule has 1 rings (SSSR count). The van der Waals surface area contributed by atoms with Gasteiger partial charge in [0.15, 0.2) is 0 Å². The molecule has 0 amide bonds. The summed E-state index contributed by atoms with van der Waals surface area (Å²) in [5.74, 6) is 5.11. The first-order chi connectivity index (χ1) is 5.54. The molecule has 0 spiro atoms.